The molecular formula is C60H113NO5. The number of nitrogens with one attached hydrogen (secondary N) is 1. The van der Waals surface area contributed by atoms with Gasteiger partial charge in [0.15, 0.2) is 0 Å². The number of aliphatic hydroxyl groups excluding tert-OH is 2. The summed E-state index contributed by atoms with van der Waals surface area (Å²) in [5.41, 5.74) is 0. The summed E-state index contributed by atoms with van der Waals surface area (Å²) in [5, 5.41) is 23.9. The molecule has 3 unspecified atom stereocenters. The van der Waals surface area contributed by atoms with Gasteiger partial charge in [-0.1, -0.05) is 256 Å². The number of allylic oxidation sites excluding steroid dienone is 6. The van der Waals surface area contributed by atoms with Crippen molar-refractivity contribution < 1.29 is 24.5 Å². The predicted molar refractivity (Wildman–Crippen MR) is 287 cm³/mol. The Morgan fingerprint density at radius 2 is 0.818 bits per heavy atom. The summed E-state index contributed by atoms with van der Waals surface area (Å²) in [6.45, 7) is 6.41. The highest BCUT2D eigenvalue weighted by Crippen LogP contribution is 2.19. The van der Waals surface area contributed by atoms with E-state index in [1.807, 2.05) is 0 Å². The van der Waals surface area contributed by atoms with E-state index < -0.39 is 18.2 Å². The van der Waals surface area contributed by atoms with Crippen molar-refractivity contribution in [3.63, 3.8) is 0 Å². The number of rotatable bonds is 53. The largest absolute Gasteiger partial charge is 0.462 e. The summed E-state index contributed by atoms with van der Waals surface area (Å²) < 4.78 is 5.96. The topological polar surface area (TPSA) is 95.9 Å². The maximum absolute atomic E-state index is 13.3. The number of esters is 1. The van der Waals surface area contributed by atoms with E-state index in [-0.39, 0.29) is 24.9 Å². The minimum Gasteiger partial charge on any atom is -0.462 e. The van der Waals surface area contributed by atoms with Gasteiger partial charge in [0.05, 0.1) is 25.2 Å². The quantitative estimate of drug-likeness (QED) is 0.0321. The first-order valence-corrected chi connectivity index (χ1v) is 29.2. The van der Waals surface area contributed by atoms with E-state index in [1.54, 1.807) is 0 Å². The molecule has 0 aliphatic carbocycles. The molecule has 3 N–H and O–H groups in total. The number of amides is 1. The van der Waals surface area contributed by atoms with Crippen LogP contribution in [0.15, 0.2) is 36.5 Å². The van der Waals surface area contributed by atoms with E-state index in [2.05, 4.69) is 62.5 Å². The van der Waals surface area contributed by atoms with Gasteiger partial charge in [-0.05, 0) is 77.0 Å². The van der Waals surface area contributed by atoms with Crippen molar-refractivity contribution in [2.75, 3.05) is 6.61 Å². The number of carbonyl (C=O) groups is 2. The molecule has 66 heavy (non-hydrogen) atoms. The highest BCUT2D eigenvalue weighted by Gasteiger charge is 2.24. The van der Waals surface area contributed by atoms with Gasteiger partial charge in [0.2, 0.25) is 5.91 Å². The van der Waals surface area contributed by atoms with E-state index >= 15 is 0 Å². The smallest absolute Gasteiger partial charge is 0.306 e. The van der Waals surface area contributed by atoms with Gasteiger partial charge in [0.25, 0.3) is 0 Å². The molecule has 0 aromatic rings. The molecule has 388 valence electrons. The second kappa shape index (κ2) is 54.0. The van der Waals surface area contributed by atoms with E-state index in [0.717, 1.165) is 70.6 Å². The molecule has 0 heterocycles. The van der Waals surface area contributed by atoms with Crippen LogP contribution in [0.1, 0.15) is 310 Å². The molecule has 0 fully saturated rings. The van der Waals surface area contributed by atoms with Crippen molar-refractivity contribution in [1.82, 2.24) is 5.32 Å². The monoisotopic (exact) mass is 928 g/mol. The predicted octanol–water partition coefficient (Wildman–Crippen LogP) is 18.0. The van der Waals surface area contributed by atoms with Crippen molar-refractivity contribution in [3.05, 3.63) is 36.5 Å². The number of ether oxygens (including phenoxy) is 1. The van der Waals surface area contributed by atoms with Crippen molar-refractivity contribution >= 4 is 11.9 Å². The Bertz CT molecular complexity index is 1090. The number of unbranched alkanes of at least 4 members (excludes halogenated alkanes) is 35. The molecular weight excluding hydrogens is 815 g/mol. The lowest BCUT2D eigenvalue weighted by molar-refractivity contribution is -0.151. The van der Waals surface area contributed by atoms with Crippen LogP contribution in [-0.2, 0) is 14.3 Å². The summed E-state index contributed by atoms with van der Waals surface area (Å²) in [6, 6.07) is -0.703. The maximum atomic E-state index is 13.3. The molecule has 0 aliphatic rings. The summed E-state index contributed by atoms with van der Waals surface area (Å²) in [6.07, 6.45) is 65.0. The summed E-state index contributed by atoms with van der Waals surface area (Å²) in [7, 11) is 0. The Kier molecular flexibility index (Phi) is 52.5. The second-order valence-electron chi connectivity index (χ2n) is 20.0. The van der Waals surface area contributed by atoms with Crippen molar-refractivity contribution in [2.24, 2.45) is 0 Å². The Labute approximate surface area is 411 Å². The van der Waals surface area contributed by atoms with E-state index in [0.29, 0.717) is 19.3 Å². The molecule has 0 aromatic carbocycles. The normalized spacial score (nSPS) is 13.3. The molecule has 0 spiro atoms. The van der Waals surface area contributed by atoms with E-state index in [9.17, 15) is 19.8 Å². The van der Waals surface area contributed by atoms with Crippen LogP contribution in [0.2, 0.25) is 0 Å². The minimum atomic E-state index is -0.789. The maximum Gasteiger partial charge on any atom is 0.306 e. The van der Waals surface area contributed by atoms with Crippen molar-refractivity contribution in [3.8, 4) is 0 Å². The first-order chi connectivity index (χ1) is 32.5. The highest BCUT2D eigenvalue weighted by molar-refractivity contribution is 5.77. The highest BCUT2D eigenvalue weighted by atomic mass is 16.5. The molecule has 6 heteroatoms. The third-order valence-corrected chi connectivity index (χ3v) is 13.5. The molecule has 0 saturated heterocycles. The van der Waals surface area contributed by atoms with E-state index in [4.69, 9.17) is 4.74 Å². The van der Waals surface area contributed by atoms with Crippen LogP contribution < -0.4 is 5.32 Å². The lowest BCUT2D eigenvalue weighted by atomic mass is 10.0. The molecule has 0 aromatic heterocycles. The Morgan fingerprint density at radius 1 is 0.455 bits per heavy atom. The van der Waals surface area contributed by atoms with Gasteiger partial charge in [-0.2, -0.15) is 0 Å². The van der Waals surface area contributed by atoms with Crippen LogP contribution in [-0.4, -0.2) is 46.9 Å². The van der Waals surface area contributed by atoms with Crippen LogP contribution in [0.25, 0.3) is 0 Å². The molecule has 3 atom stereocenters. The molecule has 0 saturated carbocycles. The van der Waals surface area contributed by atoms with Gasteiger partial charge >= 0.3 is 5.97 Å². The summed E-state index contributed by atoms with van der Waals surface area (Å²) in [4.78, 5) is 26.3. The number of hydrogen-bond donors (Lipinski definition) is 3. The zero-order chi connectivity index (χ0) is 48.1. The third kappa shape index (κ3) is 48.5. The Balaban J connectivity index is 4.54. The number of carbonyl (C=O) groups excluding carboxylic acids is 2. The molecule has 6 nitrogen and oxygen atoms in total. The lowest BCUT2D eigenvalue weighted by Crippen LogP contribution is -2.46. The number of hydrogen-bond acceptors (Lipinski definition) is 5. The van der Waals surface area contributed by atoms with Gasteiger partial charge in [-0.3, -0.25) is 9.59 Å². The first kappa shape index (κ1) is 64.1. The van der Waals surface area contributed by atoms with Gasteiger partial charge < -0.3 is 20.3 Å². The molecule has 0 bridgehead atoms. The Hall–Kier alpha value is -1.92. The number of aliphatic hydroxyl groups is 2. The van der Waals surface area contributed by atoms with Gasteiger partial charge in [0, 0.05) is 6.42 Å². The van der Waals surface area contributed by atoms with Crippen LogP contribution in [0.3, 0.4) is 0 Å². The average Bonchev–Trinajstić information content (AvgIpc) is 3.31. The summed E-state index contributed by atoms with van der Waals surface area (Å²) >= 11 is 0. The van der Waals surface area contributed by atoms with Crippen LogP contribution >= 0.6 is 0 Å². The minimum absolute atomic E-state index is 0.0744. The van der Waals surface area contributed by atoms with Crippen LogP contribution in [0, 0.1) is 0 Å². The average molecular weight is 929 g/mol. The van der Waals surface area contributed by atoms with Crippen LogP contribution in [0.5, 0.6) is 0 Å². The fourth-order valence-electron chi connectivity index (χ4n) is 9.05. The molecule has 0 radical (unpaired) electrons. The third-order valence-electron chi connectivity index (χ3n) is 13.5. The lowest BCUT2D eigenvalue weighted by Gasteiger charge is -2.24. The van der Waals surface area contributed by atoms with Crippen molar-refractivity contribution in [1.29, 1.82) is 0 Å². The zero-order valence-electron chi connectivity index (χ0n) is 44.3. The standard InChI is InChI=1S/C60H113NO5/c1-4-7-10-13-16-19-22-25-28-30-31-33-36-39-42-45-48-51-56(66-60(65)53-50-47-44-41-38-35-27-24-21-18-15-12-9-6-3)54-59(64)61-57(55-62)58(63)52-49-46-43-40-37-34-32-29-26-23-20-17-14-11-8-5-2/h9,12,18,21,25,28,56-58,62-63H,4-8,10-11,13-17,19-20,22-24,26-27,29-55H2,1-3H3,(H,61,64)/b12-9+,21-18+,28-25+. The van der Waals surface area contributed by atoms with Gasteiger partial charge in [0.1, 0.15) is 6.10 Å². The van der Waals surface area contributed by atoms with Crippen LogP contribution in [0.4, 0.5) is 0 Å². The van der Waals surface area contributed by atoms with Gasteiger partial charge in [-0.15, -0.1) is 0 Å². The summed E-state index contributed by atoms with van der Waals surface area (Å²) in [5.74, 6) is -0.473. The fraction of sp³-hybridized carbons (Fsp3) is 0.867. The first-order valence-electron chi connectivity index (χ1n) is 29.2. The van der Waals surface area contributed by atoms with E-state index in [1.165, 1.54) is 193 Å². The fourth-order valence-corrected chi connectivity index (χ4v) is 9.05. The molecule has 0 rings (SSSR count). The molecule has 1 amide bonds. The van der Waals surface area contributed by atoms with Gasteiger partial charge in [-0.25, -0.2) is 0 Å². The second-order valence-corrected chi connectivity index (χ2v) is 20.0. The zero-order valence-corrected chi connectivity index (χ0v) is 44.3. The van der Waals surface area contributed by atoms with Crippen molar-refractivity contribution in [2.45, 2.75) is 328 Å². The SMILES string of the molecule is CC/C=C/C/C=C/CCCCCCCCCC(=O)OC(CCCCCCCCC/C=C/CCCCCCCC)CC(=O)NC(CO)C(O)CCCCCCCCCCCCCCCCCC. The molecule has 0 aliphatic heterocycles. The Morgan fingerprint density at radius 3 is 1.24 bits per heavy atom.